The molecule has 1 aromatic heterocycles. The molecule has 1 aliphatic heterocycles. The van der Waals surface area contributed by atoms with Gasteiger partial charge in [-0.3, -0.25) is 4.84 Å². The van der Waals surface area contributed by atoms with Crippen molar-refractivity contribution in [1.82, 2.24) is 4.98 Å². The van der Waals surface area contributed by atoms with Gasteiger partial charge in [-0.25, -0.2) is 10.0 Å². The fourth-order valence-corrected chi connectivity index (χ4v) is 1.47. The molecular formula is C10H15N3O. The first-order valence-electron chi connectivity index (χ1n) is 4.91. The number of hydrogen-bond donors (Lipinski definition) is 1. The van der Waals surface area contributed by atoms with Crippen molar-refractivity contribution in [1.29, 1.82) is 0 Å². The van der Waals surface area contributed by atoms with E-state index in [-0.39, 0.29) is 0 Å². The van der Waals surface area contributed by atoms with Crippen molar-refractivity contribution < 1.29 is 4.84 Å². The lowest BCUT2D eigenvalue weighted by Crippen LogP contribution is -2.30. The van der Waals surface area contributed by atoms with Crippen molar-refractivity contribution in [2.75, 3.05) is 23.9 Å². The molecule has 0 saturated carbocycles. The van der Waals surface area contributed by atoms with Crippen molar-refractivity contribution in [3.05, 3.63) is 17.8 Å². The van der Waals surface area contributed by atoms with Crippen LogP contribution in [0.25, 0.3) is 0 Å². The Kier molecular flexibility index (Phi) is 2.54. The molecule has 4 heteroatoms. The van der Waals surface area contributed by atoms with Crippen LogP contribution in [0.3, 0.4) is 0 Å². The first-order chi connectivity index (χ1) is 6.77. The van der Waals surface area contributed by atoms with E-state index < -0.39 is 0 Å². The zero-order valence-electron chi connectivity index (χ0n) is 8.36. The lowest BCUT2D eigenvalue weighted by molar-refractivity contribution is 0.0761. The summed E-state index contributed by atoms with van der Waals surface area (Å²) in [5, 5.41) is 1.84. The van der Waals surface area contributed by atoms with Gasteiger partial charge in [0, 0.05) is 6.54 Å². The van der Waals surface area contributed by atoms with Gasteiger partial charge >= 0.3 is 0 Å². The average molecular weight is 193 g/mol. The molecule has 0 bridgehead atoms. The molecule has 0 unspecified atom stereocenters. The monoisotopic (exact) mass is 193 g/mol. The molecule has 2 rings (SSSR count). The summed E-state index contributed by atoms with van der Waals surface area (Å²) >= 11 is 0. The van der Waals surface area contributed by atoms with Gasteiger partial charge in [0.25, 0.3) is 0 Å². The third-order valence-electron chi connectivity index (χ3n) is 2.37. The normalized spacial score (nSPS) is 17.1. The highest BCUT2D eigenvalue weighted by Crippen LogP contribution is 2.19. The Morgan fingerprint density at radius 3 is 2.93 bits per heavy atom. The van der Waals surface area contributed by atoms with Crippen LogP contribution >= 0.6 is 0 Å². The highest BCUT2D eigenvalue weighted by molar-refractivity contribution is 5.49. The van der Waals surface area contributed by atoms with E-state index in [4.69, 9.17) is 10.6 Å². The molecule has 14 heavy (non-hydrogen) atoms. The summed E-state index contributed by atoms with van der Waals surface area (Å²) in [6.45, 7) is 3.60. The summed E-state index contributed by atoms with van der Waals surface area (Å²) in [6.07, 6.45) is 2.29. The van der Waals surface area contributed by atoms with Crippen LogP contribution in [0.5, 0.6) is 0 Å². The van der Waals surface area contributed by atoms with Gasteiger partial charge in [0.05, 0.1) is 18.0 Å². The Bertz CT molecular complexity index is 321. The number of nitrogens with two attached hydrogens (primary N) is 1. The predicted molar refractivity (Wildman–Crippen MR) is 55.9 cm³/mol. The van der Waals surface area contributed by atoms with Crippen LogP contribution in [-0.4, -0.2) is 18.1 Å². The second kappa shape index (κ2) is 3.84. The standard InChI is InChI=1S/C10H15N3O/c1-8-9(11)4-5-10(12-8)13-6-2-3-7-14-13/h4-5H,2-3,6-7,11H2,1H3. The molecule has 1 aliphatic rings. The Hall–Kier alpha value is -1.29. The zero-order valence-corrected chi connectivity index (χ0v) is 8.36. The minimum atomic E-state index is 0.728. The summed E-state index contributed by atoms with van der Waals surface area (Å²) in [5.74, 6) is 0.858. The SMILES string of the molecule is Cc1nc(N2CCCCO2)ccc1N. The third-order valence-corrected chi connectivity index (χ3v) is 2.37. The molecule has 76 valence electrons. The molecule has 0 atom stereocenters. The van der Waals surface area contributed by atoms with Crippen molar-refractivity contribution in [2.45, 2.75) is 19.8 Å². The second-order valence-corrected chi connectivity index (χ2v) is 3.49. The lowest BCUT2D eigenvalue weighted by Gasteiger charge is -2.27. The second-order valence-electron chi connectivity index (χ2n) is 3.49. The van der Waals surface area contributed by atoms with E-state index in [0.717, 1.165) is 43.2 Å². The van der Waals surface area contributed by atoms with Crippen LogP contribution in [-0.2, 0) is 4.84 Å². The summed E-state index contributed by atoms with van der Waals surface area (Å²) < 4.78 is 0. The first kappa shape index (κ1) is 9.27. The maximum atomic E-state index is 5.70. The summed E-state index contributed by atoms with van der Waals surface area (Å²) in [5.41, 5.74) is 7.28. The van der Waals surface area contributed by atoms with Crippen LogP contribution in [0.2, 0.25) is 0 Å². The van der Waals surface area contributed by atoms with Gasteiger partial charge in [0.2, 0.25) is 0 Å². The molecule has 0 amide bonds. The van der Waals surface area contributed by atoms with E-state index in [1.807, 2.05) is 24.1 Å². The summed E-state index contributed by atoms with van der Waals surface area (Å²) in [4.78, 5) is 9.86. The fourth-order valence-electron chi connectivity index (χ4n) is 1.47. The van der Waals surface area contributed by atoms with Gasteiger partial charge in [-0.2, -0.15) is 0 Å². The molecule has 0 aliphatic carbocycles. The highest BCUT2D eigenvalue weighted by Gasteiger charge is 2.13. The predicted octanol–water partition coefficient (Wildman–Crippen LogP) is 1.50. The number of rotatable bonds is 1. The molecule has 1 saturated heterocycles. The van der Waals surface area contributed by atoms with E-state index >= 15 is 0 Å². The van der Waals surface area contributed by atoms with Gasteiger partial charge < -0.3 is 5.73 Å². The minimum absolute atomic E-state index is 0.728. The number of aromatic nitrogens is 1. The molecular weight excluding hydrogens is 178 g/mol. The largest absolute Gasteiger partial charge is 0.397 e. The van der Waals surface area contributed by atoms with E-state index in [2.05, 4.69) is 4.98 Å². The maximum absolute atomic E-state index is 5.70. The van der Waals surface area contributed by atoms with Gasteiger partial charge in [0.15, 0.2) is 5.82 Å². The molecule has 0 spiro atoms. The van der Waals surface area contributed by atoms with Crippen LogP contribution in [0.1, 0.15) is 18.5 Å². The van der Waals surface area contributed by atoms with Crippen molar-refractivity contribution in [3.8, 4) is 0 Å². The first-order valence-corrected chi connectivity index (χ1v) is 4.91. The Morgan fingerprint density at radius 2 is 2.29 bits per heavy atom. The quantitative estimate of drug-likeness (QED) is 0.734. The Balaban J connectivity index is 2.18. The number of nitrogens with zero attached hydrogens (tertiary/aromatic N) is 2. The van der Waals surface area contributed by atoms with Crippen LogP contribution in [0, 0.1) is 6.92 Å². The zero-order chi connectivity index (χ0) is 9.97. The third kappa shape index (κ3) is 1.80. The number of pyridine rings is 1. The van der Waals surface area contributed by atoms with Gasteiger partial charge in [-0.15, -0.1) is 0 Å². The number of aryl methyl sites for hydroxylation is 1. The average Bonchev–Trinajstić information content (AvgIpc) is 2.23. The number of nitrogen functional groups attached to an aromatic ring is 1. The molecule has 4 nitrogen and oxygen atoms in total. The smallest absolute Gasteiger partial charge is 0.152 e. The van der Waals surface area contributed by atoms with Crippen molar-refractivity contribution in [2.24, 2.45) is 0 Å². The Labute approximate surface area is 83.6 Å². The molecule has 1 aromatic rings. The lowest BCUT2D eigenvalue weighted by atomic mass is 10.3. The van der Waals surface area contributed by atoms with Crippen LogP contribution in [0.4, 0.5) is 11.5 Å². The van der Waals surface area contributed by atoms with Crippen LogP contribution < -0.4 is 10.8 Å². The van der Waals surface area contributed by atoms with Crippen LogP contribution in [0.15, 0.2) is 12.1 Å². The minimum Gasteiger partial charge on any atom is -0.397 e. The van der Waals surface area contributed by atoms with E-state index in [0.29, 0.717) is 0 Å². The number of hydroxylamine groups is 1. The summed E-state index contributed by atoms with van der Waals surface area (Å²) in [7, 11) is 0. The maximum Gasteiger partial charge on any atom is 0.152 e. The molecule has 1 fully saturated rings. The van der Waals surface area contributed by atoms with E-state index in [1.54, 1.807) is 0 Å². The molecule has 2 heterocycles. The van der Waals surface area contributed by atoms with Crippen molar-refractivity contribution in [3.63, 3.8) is 0 Å². The topological polar surface area (TPSA) is 51.4 Å². The van der Waals surface area contributed by atoms with Gasteiger partial charge in [-0.1, -0.05) is 0 Å². The molecule has 0 aromatic carbocycles. The van der Waals surface area contributed by atoms with E-state index in [9.17, 15) is 0 Å². The molecule has 0 radical (unpaired) electrons. The number of anilines is 2. The van der Waals surface area contributed by atoms with Gasteiger partial charge in [0.1, 0.15) is 0 Å². The molecule has 2 N–H and O–H groups in total. The number of hydrogen-bond acceptors (Lipinski definition) is 4. The van der Waals surface area contributed by atoms with E-state index in [1.165, 1.54) is 0 Å². The van der Waals surface area contributed by atoms with Gasteiger partial charge in [-0.05, 0) is 31.9 Å². The summed E-state index contributed by atoms with van der Waals surface area (Å²) in [6, 6.07) is 3.77. The Morgan fingerprint density at radius 1 is 1.43 bits per heavy atom. The van der Waals surface area contributed by atoms with Crippen molar-refractivity contribution >= 4 is 11.5 Å². The fraction of sp³-hybridized carbons (Fsp3) is 0.500. The highest BCUT2D eigenvalue weighted by atomic mass is 16.7.